The van der Waals surface area contributed by atoms with Crippen molar-refractivity contribution in [2.24, 2.45) is 5.41 Å². The molecule has 1 spiro atoms. The molecule has 1 N–H and O–H groups in total. The van der Waals surface area contributed by atoms with Crippen LogP contribution in [0.5, 0.6) is 0 Å². The number of aromatic nitrogens is 2. The molecule has 4 heterocycles. The number of amides is 2. The van der Waals surface area contributed by atoms with Crippen molar-refractivity contribution < 1.29 is 14.7 Å². The van der Waals surface area contributed by atoms with Crippen LogP contribution in [0.2, 0.25) is 0 Å². The Morgan fingerprint density at radius 2 is 1.72 bits per heavy atom. The fraction of sp³-hybridized carbons (Fsp3) is 0.556. The van der Waals surface area contributed by atoms with Crippen molar-refractivity contribution in [1.29, 1.82) is 0 Å². The smallest absolute Gasteiger partial charge is 0.255 e. The lowest BCUT2D eigenvalue weighted by atomic mass is 9.73. The summed E-state index contributed by atoms with van der Waals surface area (Å²) in [4.78, 5) is 47.2. The van der Waals surface area contributed by atoms with Gasteiger partial charge in [-0.2, -0.15) is 0 Å². The number of rotatable bonds is 6. The number of anilines is 1. The second kappa shape index (κ2) is 9.35. The van der Waals surface area contributed by atoms with E-state index in [1.54, 1.807) is 6.92 Å². The molecule has 3 aliphatic rings. The Labute approximate surface area is 211 Å². The summed E-state index contributed by atoms with van der Waals surface area (Å²) in [6.45, 7) is 7.90. The van der Waals surface area contributed by atoms with Gasteiger partial charge in [0.15, 0.2) is 0 Å². The fourth-order valence-corrected chi connectivity index (χ4v) is 5.76. The quantitative estimate of drug-likeness (QED) is 0.654. The van der Waals surface area contributed by atoms with Gasteiger partial charge in [-0.1, -0.05) is 37.3 Å². The number of piperidine rings is 1. The highest BCUT2D eigenvalue weighted by atomic mass is 16.3. The van der Waals surface area contributed by atoms with Crippen LogP contribution in [0.3, 0.4) is 0 Å². The second-order valence-corrected chi connectivity index (χ2v) is 11.1. The molecule has 36 heavy (non-hydrogen) atoms. The lowest BCUT2D eigenvalue weighted by Gasteiger charge is -2.60. The van der Waals surface area contributed by atoms with E-state index in [9.17, 15) is 19.5 Å². The molecule has 9 nitrogen and oxygen atoms in total. The molecule has 1 atom stereocenters. The third-order valence-electron chi connectivity index (χ3n) is 8.10. The van der Waals surface area contributed by atoms with Gasteiger partial charge in [0.1, 0.15) is 5.82 Å². The molecule has 9 heteroatoms. The van der Waals surface area contributed by atoms with Gasteiger partial charge in [-0.15, -0.1) is 0 Å². The average molecular weight is 494 g/mol. The number of aliphatic hydroxyl groups is 1. The Kier molecular flexibility index (Phi) is 6.36. The molecule has 1 unspecified atom stereocenters. The van der Waals surface area contributed by atoms with E-state index in [-0.39, 0.29) is 35.3 Å². The molecule has 0 bridgehead atoms. The van der Waals surface area contributed by atoms with Crippen LogP contribution >= 0.6 is 0 Å². The molecule has 2 aromatic rings. The molecule has 192 valence electrons. The van der Waals surface area contributed by atoms with Gasteiger partial charge < -0.3 is 19.8 Å². The molecule has 0 aliphatic carbocycles. The maximum Gasteiger partial charge on any atom is 0.255 e. The van der Waals surface area contributed by atoms with E-state index in [1.165, 1.54) is 17.0 Å². The van der Waals surface area contributed by atoms with Crippen molar-refractivity contribution in [3.05, 3.63) is 58.6 Å². The van der Waals surface area contributed by atoms with Crippen molar-refractivity contribution in [3.8, 4) is 0 Å². The molecule has 3 aliphatic heterocycles. The van der Waals surface area contributed by atoms with Gasteiger partial charge in [-0.3, -0.25) is 19.0 Å². The van der Waals surface area contributed by atoms with Crippen LogP contribution in [-0.4, -0.2) is 81.1 Å². The minimum absolute atomic E-state index is 0.0989. The number of carbonyl (C=O) groups is 2. The Bertz CT molecular complexity index is 1170. The molecular weight excluding hydrogens is 458 g/mol. The number of hydrogen-bond acceptors (Lipinski definition) is 6. The predicted octanol–water partition coefficient (Wildman–Crippen LogP) is 1.46. The number of hydrogen-bond donors (Lipinski definition) is 1. The third kappa shape index (κ3) is 4.89. The molecule has 1 aromatic heterocycles. The van der Waals surface area contributed by atoms with Crippen LogP contribution in [0.4, 0.5) is 5.82 Å². The summed E-state index contributed by atoms with van der Waals surface area (Å²) in [5, 5.41) is 11.2. The maximum atomic E-state index is 12.8. The third-order valence-corrected chi connectivity index (χ3v) is 8.10. The molecule has 1 aromatic carbocycles. The van der Waals surface area contributed by atoms with Crippen molar-refractivity contribution >= 4 is 17.6 Å². The molecule has 0 radical (unpaired) electrons. The Balaban J connectivity index is 1.12. The molecule has 0 saturated carbocycles. The Morgan fingerprint density at radius 3 is 2.33 bits per heavy atom. The van der Waals surface area contributed by atoms with Gasteiger partial charge in [0.05, 0.1) is 18.5 Å². The van der Waals surface area contributed by atoms with Gasteiger partial charge in [-0.05, 0) is 24.3 Å². The summed E-state index contributed by atoms with van der Waals surface area (Å²) in [6, 6.07) is 11.5. The standard InChI is InChI=1S/C27H35N5O4/c1-20(22-6-4-3-5-7-22)12-24(34)29-10-8-27(36,9-11-29)18-32-19-28-23(13-25(32)35)31-16-26(17-31)14-30(15-26)21(2)33/h3-7,13,19-20,36H,8-12,14-18H2,1-2H3. The average Bonchev–Trinajstić information content (AvgIpc) is 2.79. The maximum absolute atomic E-state index is 12.8. The van der Waals surface area contributed by atoms with E-state index in [4.69, 9.17) is 0 Å². The Hall–Kier alpha value is -3.20. The summed E-state index contributed by atoms with van der Waals surface area (Å²) in [7, 11) is 0. The summed E-state index contributed by atoms with van der Waals surface area (Å²) >= 11 is 0. The summed E-state index contributed by atoms with van der Waals surface area (Å²) in [5.74, 6) is 0.987. The fourth-order valence-electron chi connectivity index (χ4n) is 5.76. The first kappa shape index (κ1) is 24.5. The summed E-state index contributed by atoms with van der Waals surface area (Å²) < 4.78 is 1.47. The van der Waals surface area contributed by atoms with E-state index in [2.05, 4.69) is 16.8 Å². The number of benzene rings is 1. The van der Waals surface area contributed by atoms with Crippen LogP contribution < -0.4 is 10.5 Å². The van der Waals surface area contributed by atoms with E-state index in [1.807, 2.05) is 40.1 Å². The number of nitrogens with zero attached hydrogens (tertiary/aromatic N) is 5. The molecule has 3 saturated heterocycles. The van der Waals surface area contributed by atoms with Crippen LogP contribution in [0.1, 0.15) is 44.6 Å². The lowest BCUT2D eigenvalue weighted by Crippen LogP contribution is -2.73. The number of likely N-dealkylation sites (tertiary alicyclic amines) is 2. The Morgan fingerprint density at radius 1 is 1.06 bits per heavy atom. The van der Waals surface area contributed by atoms with Crippen LogP contribution in [0.15, 0.2) is 47.5 Å². The highest BCUT2D eigenvalue weighted by molar-refractivity contribution is 5.77. The highest BCUT2D eigenvalue weighted by Gasteiger charge is 2.53. The van der Waals surface area contributed by atoms with Gasteiger partial charge in [0.25, 0.3) is 5.56 Å². The molecular formula is C27H35N5O4. The number of carbonyl (C=O) groups excluding carboxylic acids is 2. The van der Waals surface area contributed by atoms with Crippen molar-refractivity contribution in [2.45, 2.75) is 51.2 Å². The van der Waals surface area contributed by atoms with Crippen LogP contribution in [0, 0.1) is 5.41 Å². The zero-order valence-corrected chi connectivity index (χ0v) is 21.1. The lowest BCUT2D eigenvalue weighted by molar-refractivity contribution is -0.142. The van der Waals surface area contributed by atoms with Gasteiger partial charge >= 0.3 is 0 Å². The minimum Gasteiger partial charge on any atom is -0.388 e. The van der Waals surface area contributed by atoms with E-state index < -0.39 is 5.60 Å². The molecule has 2 amide bonds. The minimum atomic E-state index is -1.04. The van der Waals surface area contributed by atoms with Gasteiger partial charge in [0, 0.05) is 64.1 Å². The topological polar surface area (TPSA) is 99.0 Å². The first-order valence-corrected chi connectivity index (χ1v) is 12.8. The first-order valence-electron chi connectivity index (χ1n) is 12.8. The zero-order valence-electron chi connectivity index (χ0n) is 21.1. The van der Waals surface area contributed by atoms with E-state index in [0.717, 1.165) is 31.7 Å². The van der Waals surface area contributed by atoms with Crippen LogP contribution in [0.25, 0.3) is 0 Å². The van der Waals surface area contributed by atoms with Crippen molar-refractivity contribution in [2.75, 3.05) is 44.2 Å². The normalized spacial score (nSPS) is 21.0. The molecule has 5 rings (SSSR count). The second-order valence-electron chi connectivity index (χ2n) is 11.1. The first-order chi connectivity index (χ1) is 17.2. The van der Waals surface area contributed by atoms with E-state index in [0.29, 0.717) is 38.2 Å². The summed E-state index contributed by atoms with van der Waals surface area (Å²) in [6.07, 6.45) is 2.81. The van der Waals surface area contributed by atoms with Crippen LogP contribution in [-0.2, 0) is 16.1 Å². The van der Waals surface area contributed by atoms with E-state index >= 15 is 0 Å². The predicted molar refractivity (Wildman–Crippen MR) is 136 cm³/mol. The van der Waals surface area contributed by atoms with Crippen molar-refractivity contribution in [3.63, 3.8) is 0 Å². The van der Waals surface area contributed by atoms with Gasteiger partial charge in [0.2, 0.25) is 11.8 Å². The molecule has 3 fully saturated rings. The van der Waals surface area contributed by atoms with Gasteiger partial charge in [-0.25, -0.2) is 4.98 Å². The zero-order chi connectivity index (χ0) is 25.5. The SMILES string of the molecule is CC(=O)N1CC2(C1)CN(c1cc(=O)n(CC3(O)CCN(C(=O)CC(C)c4ccccc4)CC3)cn1)C2. The summed E-state index contributed by atoms with van der Waals surface area (Å²) in [5.41, 5.74) is 0.0525. The highest BCUT2D eigenvalue weighted by Crippen LogP contribution is 2.41. The monoisotopic (exact) mass is 493 g/mol. The van der Waals surface area contributed by atoms with Crippen molar-refractivity contribution in [1.82, 2.24) is 19.4 Å². The largest absolute Gasteiger partial charge is 0.388 e.